The molecule has 0 aromatic heterocycles. The topological polar surface area (TPSA) is 52.7 Å². The van der Waals surface area contributed by atoms with Gasteiger partial charge in [0.05, 0.1) is 0 Å². The number of carbonyl (C=O) groups is 2. The molecule has 2 rings (SSSR count). The van der Waals surface area contributed by atoms with E-state index in [0.29, 0.717) is 19.6 Å². The van der Waals surface area contributed by atoms with Crippen LogP contribution in [0.5, 0.6) is 0 Å². The molecule has 23 heavy (non-hydrogen) atoms. The van der Waals surface area contributed by atoms with Crippen LogP contribution in [-0.2, 0) is 9.59 Å². The second-order valence-corrected chi connectivity index (χ2v) is 5.66. The minimum atomic E-state index is -0.482. The van der Waals surface area contributed by atoms with E-state index in [1.165, 1.54) is 5.56 Å². The Balaban J connectivity index is 1.72. The first-order valence-corrected chi connectivity index (χ1v) is 8.21. The number of piperazine rings is 1. The molecule has 1 heterocycles. The molecule has 5 heteroatoms. The third-order valence-corrected chi connectivity index (χ3v) is 3.86. The fourth-order valence-corrected chi connectivity index (χ4v) is 2.49. The summed E-state index contributed by atoms with van der Waals surface area (Å²) in [7, 11) is 0. The van der Waals surface area contributed by atoms with Gasteiger partial charge in [-0.05, 0) is 12.0 Å². The lowest BCUT2D eigenvalue weighted by molar-refractivity contribution is -0.146. The van der Waals surface area contributed by atoms with Gasteiger partial charge < -0.3 is 10.2 Å². The third-order valence-electron chi connectivity index (χ3n) is 3.86. The smallest absolute Gasteiger partial charge is 0.311 e. The molecule has 1 fully saturated rings. The highest BCUT2D eigenvalue weighted by Gasteiger charge is 2.25. The molecular weight excluding hydrogens is 290 g/mol. The van der Waals surface area contributed by atoms with Crippen molar-refractivity contribution in [3.05, 3.63) is 42.0 Å². The summed E-state index contributed by atoms with van der Waals surface area (Å²) in [6.07, 6.45) is 5.08. The van der Waals surface area contributed by atoms with Gasteiger partial charge in [0.1, 0.15) is 0 Å². The Bertz CT molecular complexity index is 534. The van der Waals surface area contributed by atoms with E-state index in [-0.39, 0.29) is 0 Å². The second kappa shape index (κ2) is 9.10. The van der Waals surface area contributed by atoms with Gasteiger partial charge in [-0.25, -0.2) is 0 Å². The number of amides is 2. The summed E-state index contributed by atoms with van der Waals surface area (Å²) in [5, 5.41) is 2.64. The first-order chi connectivity index (χ1) is 11.2. The lowest BCUT2D eigenvalue weighted by atomic mass is 10.2. The zero-order valence-corrected chi connectivity index (χ0v) is 13.7. The highest BCUT2D eigenvalue weighted by Crippen LogP contribution is 2.05. The van der Waals surface area contributed by atoms with Crippen LogP contribution in [0.3, 0.4) is 0 Å². The molecule has 0 spiro atoms. The molecule has 124 valence electrons. The Morgan fingerprint density at radius 2 is 1.83 bits per heavy atom. The maximum absolute atomic E-state index is 12.0. The van der Waals surface area contributed by atoms with Crippen LogP contribution >= 0.6 is 0 Å². The summed E-state index contributed by atoms with van der Waals surface area (Å²) in [6.45, 7) is 6.19. The van der Waals surface area contributed by atoms with Crippen LogP contribution < -0.4 is 5.32 Å². The normalized spacial score (nSPS) is 15.8. The zero-order chi connectivity index (χ0) is 16.5. The van der Waals surface area contributed by atoms with Crippen molar-refractivity contribution in [3.8, 4) is 0 Å². The average molecular weight is 315 g/mol. The Morgan fingerprint density at radius 1 is 1.13 bits per heavy atom. The number of nitrogens with one attached hydrogen (secondary N) is 1. The summed E-state index contributed by atoms with van der Waals surface area (Å²) in [4.78, 5) is 27.6. The SMILES string of the molecule is CCCNC(=O)C(=O)N1CCN(C/C=C/c2ccccc2)CC1. The largest absolute Gasteiger partial charge is 0.348 e. The fourth-order valence-electron chi connectivity index (χ4n) is 2.49. The molecule has 0 saturated carbocycles. The van der Waals surface area contributed by atoms with Gasteiger partial charge in [0.2, 0.25) is 0 Å². The van der Waals surface area contributed by atoms with Crippen molar-refractivity contribution in [1.29, 1.82) is 0 Å². The lowest BCUT2D eigenvalue weighted by Gasteiger charge is -2.33. The van der Waals surface area contributed by atoms with Crippen molar-refractivity contribution < 1.29 is 9.59 Å². The standard InChI is InChI=1S/C18H25N3O2/c1-2-10-19-17(22)18(23)21-14-12-20(13-15-21)11-6-9-16-7-4-3-5-8-16/h3-9H,2,10-15H2,1H3,(H,19,22)/b9-6+. The molecule has 1 aromatic carbocycles. The van der Waals surface area contributed by atoms with E-state index < -0.39 is 11.8 Å². The van der Waals surface area contributed by atoms with Crippen LogP contribution in [0.2, 0.25) is 0 Å². The van der Waals surface area contributed by atoms with Crippen LogP contribution in [0.1, 0.15) is 18.9 Å². The number of hydrogen-bond acceptors (Lipinski definition) is 3. The number of benzene rings is 1. The average Bonchev–Trinajstić information content (AvgIpc) is 2.60. The van der Waals surface area contributed by atoms with Gasteiger partial charge in [-0.1, -0.05) is 49.4 Å². The Morgan fingerprint density at radius 3 is 2.48 bits per heavy atom. The molecule has 0 aliphatic carbocycles. The van der Waals surface area contributed by atoms with Crippen molar-refractivity contribution in [1.82, 2.24) is 15.1 Å². The maximum Gasteiger partial charge on any atom is 0.311 e. The number of carbonyl (C=O) groups excluding carboxylic acids is 2. The molecule has 1 N–H and O–H groups in total. The lowest BCUT2D eigenvalue weighted by Crippen LogP contribution is -2.52. The predicted octanol–water partition coefficient (Wildman–Crippen LogP) is 1.37. The second-order valence-electron chi connectivity index (χ2n) is 5.66. The monoisotopic (exact) mass is 315 g/mol. The third kappa shape index (κ3) is 5.53. The fraction of sp³-hybridized carbons (Fsp3) is 0.444. The molecule has 1 aliphatic heterocycles. The quantitative estimate of drug-likeness (QED) is 0.835. The Labute approximate surface area is 138 Å². The predicted molar refractivity (Wildman–Crippen MR) is 91.8 cm³/mol. The first-order valence-electron chi connectivity index (χ1n) is 8.21. The van der Waals surface area contributed by atoms with Gasteiger partial charge in [-0.15, -0.1) is 0 Å². The highest BCUT2D eigenvalue weighted by molar-refractivity contribution is 6.35. The van der Waals surface area contributed by atoms with Gasteiger partial charge >= 0.3 is 11.8 Å². The summed E-state index contributed by atoms with van der Waals surface area (Å²) < 4.78 is 0. The molecule has 1 aromatic rings. The zero-order valence-electron chi connectivity index (χ0n) is 13.7. The van der Waals surface area contributed by atoms with Crippen LogP contribution in [0.4, 0.5) is 0 Å². The Hall–Kier alpha value is -2.14. The molecule has 2 amide bonds. The number of hydrogen-bond donors (Lipinski definition) is 1. The molecule has 0 unspecified atom stereocenters. The highest BCUT2D eigenvalue weighted by atomic mass is 16.2. The molecule has 1 aliphatic rings. The van der Waals surface area contributed by atoms with E-state index in [4.69, 9.17) is 0 Å². The van der Waals surface area contributed by atoms with E-state index in [2.05, 4.69) is 34.5 Å². The number of rotatable bonds is 5. The molecule has 0 atom stereocenters. The summed E-state index contributed by atoms with van der Waals surface area (Å²) in [6, 6.07) is 10.2. The van der Waals surface area contributed by atoms with Crippen molar-refractivity contribution in [3.63, 3.8) is 0 Å². The van der Waals surface area contributed by atoms with Crippen LogP contribution in [-0.4, -0.2) is 60.9 Å². The minimum absolute atomic E-state index is 0.405. The summed E-state index contributed by atoms with van der Waals surface area (Å²) in [5.74, 6) is -0.887. The molecule has 0 radical (unpaired) electrons. The van der Waals surface area contributed by atoms with Crippen molar-refractivity contribution in [2.75, 3.05) is 39.3 Å². The van der Waals surface area contributed by atoms with E-state index in [0.717, 1.165) is 26.1 Å². The molecular formula is C18H25N3O2. The van der Waals surface area contributed by atoms with Crippen molar-refractivity contribution in [2.24, 2.45) is 0 Å². The molecule has 5 nitrogen and oxygen atoms in total. The van der Waals surface area contributed by atoms with Gasteiger partial charge in [0.15, 0.2) is 0 Å². The van der Waals surface area contributed by atoms with E-state index in [9.17, 15) is 9.59 Å². The van der Waals surface area contributed by atoms with Crippen molar-refractivity contribution in [2.45, 2.75) is 13.3 Å². The van der Waals surface area contributed by atoms with Gasteiger partial charge in [-0.3, -0.25) is 14.5 Å². The van der Waals surface area contributed by atoms with E-state index in [1.54, 1.807) is 4.90 Å². The summed E-state index contributed by atoms with van der Waals surface area (Å²) in [5.41, 5.74) is 1.19. The van der Waals surface area contributed by atoms with Gasteiger partial charge in [-0.2, -0.15) is 0 Å². The maximum atomic E-state index is 12.0. The Kier molecular flexibility index (Phi) is 6.81. The number of nitrogens with zero attached hydrogens (tertiary/aromatic N) is 2. The van der Waals surface area contributed by atoms with Crippen LogP contribution in [0, 0.1) is 0 Å². The minimum Gasteiger partial charge on any atom is -0.348 e. The van der Waals surface area contributed by atoms with Crippen molar-refractivity contribution >= 4 is 17.9 Å². The summed E-state index contributed by atoms with van der Waals surface area (Å²) >= 11 is 0. The van der Waals surface area contributed by atoms with Crippen LogP contribution in [0.15, 0.2) is 36.4 Å². The van der Waals surface area contributed by atoms with Gasteiger partial charge in [0.25, 0.3) is 0 Å². The van der Waals surface area contributed by atoms with E-state index >= 15 is 0 Å². The first kappa shape index (κ1) is 17.2. The van der Waals surface area contributed by atoms with Gasteiger partial charge in [0, 0.05) is 39.3 Å². The van der Waals surface area contributed by atoms with E-state index in [1.807, 2.05) is 25.1 Å². The molecule has 0 bridgehead atoms. The molecule has 1 saturated heterocycles. The van der Waals surface area contributed by atoms with Crippen LogP contribution in [0.25, 0.3) is 6.08 Å².